The zero-order chi connectivity index (χ0) is 13.6. The molecule has 0 amide bonds. The fourth-order valence-corrected chi connectivity index (χ4v) is 2.30. The number of nitrogens with one attached hydrogen (secondary N) is 1. The molecule has 1 heterocycles. The summed E-state index contributed by atoms with van der Waals surface area (Å²) in [4.78, 5) is 0. The quantitative estimate of drug-likeness (QED) is 0.714. The van der Waals surface area contributed by atoms with Gasteiger partial charge in [-0.15, -0.1) is 5.10 Å². The van der Waals surface area contributed by atoms with Crippen molar-refractivity contribution in [2.24, 2.45) is 0 Å². The van der Waals surface area contributed by atoms with Gasteiger partial charge in [0.2, 0.25) is 0 Å². The number of hydrogen-bond donors (Lipinski definition) is 1. The van der Waals surface area contributed by atoms with Gasteiger partial charge in [0.25, 0.3) is 0 Å². The number of fused-ring (bicyclic) bond motifs is 1. The van der Waals surface area contributed by atoms with E-state index in [4.69, 9.17) is 0 Å². The second-order valence-corrected chi connectivity index (χ2v) is 4.80. The highest BCUT2D eigenvalue weighted by atomic mass is 15.2. The number of benzene rings is 2. The molecule has 20 heavy (non-hydrogen) atoms. The normalized spacial score (nSPS) is 10.6. The Morgan fingerprint density at radius 1 is 0.900 bits per heavy atom. The van der Waals surface area contributed by atoms with E-state index in [1.807, 2.05) is 18.2 Å². The maximum absolute atomic E-state index is 4.19. The van der Waals surface area contributed by atoms with E-state index in [-0.39, 0.29) is 0 Å². The van der Waals surface area contributed by atoms with E-state index in [0.717, 1.165) is 36.0 Å². The Labute approximate surface area is 118 Å². The average molecular weight is 263 g/mol. The SMILES string of the molecule is c1ccc(CCCNc2nncc3ccccc23)cc1. The molecule has 3 heteroatoms. The lowest BCUT2D eigenvalue weighted by Crippen LogP contribution is -2.05. The Morgan fingerprint density at radius 2 is 1.70 bits per heavy atom. The van der Waals surface area contributed by atoms with Crippen LogP contribution in [0.2, 0.25) is 0 Å². The van der Waals surface area contributed by atoms with Crippen LogP contribution < -0.4 is 5.32 Å². The lowest BCUT2D eigenvalue weighted by Gasteiger charge is -2.07. The Balaban J connectivity index is 1.60. The summed E-state index contributed by atoms with van der Waals surface area (Å²) in [5.41, 5.74) is 1.37. The van der Waals surface area contributed by atoms with Gasteiger partial charge in [-0.1, -0.05) is 54.6 Å². The molecule has 0 spiro atoms. The van der Waals surface area contributed by atoms with E-state index >= 15 is 0 Å². The van der Waals surface area contributed by atoms with Crippen molar-refractivity contribution in [3.8, 4) is 0 Å². The average Bonchev–Trinajstić information content (AvgIpc) is 2.53. The van der Waals surface area contributed by atoms with E-state index in [1.165, 1.54) is 5.56 Å². The third-order valence-corrected chi connectivity index (χ3v) is 3.35. The second-order valence-electron chi connectivity index (χ2n) is 4.80. The number of hydrogen-bond acceptors (Lipinski definition) is 3. The van der Waals surface area contributed by atoms with Crippen LogP contribution in [0.3, 0.4) is 0 Å². The fourth-order valence-electron chi connectivity index (χ4n) is 2.30. The third-order valence-electron chi connectivity index (χ3n) is 3.35. The van der Waals surface area contributed by atoms with Gasteiger partial charge < -0.3 is 5.32 Å². The number of nitrogens with zero attached hydrogens (tertiary/aromatic N) is 2. The summed E-state index contributed by atoms with van der Waals surface area (Å²) in [6, 6.07) is 18.7. The lowest BCUT2D eigenvalue weighted by molar-refractivity contribution is 0.855. The summed E-state index contributed by atoms with van der Waals surface area (Å²) in [7, 11) is 0. The molecule has 3 rings (SSSR count). The molecular weight excluding hydrogens is 246 g/mol. The monoisotopic (exact) mass is 263 g/mol. The van der Waals surface area contributed by atoms with Gasteiger partial charge in [-0.3, -0.25) is 0 Å². The number of rotatable bonds is 5. The molecule has 0 aliphatic heterocycles. The van der Waals surface area contributed by atoms with Crippen molar-refractivity contribution in [1.29, 1.82) is 0 Å². The molecule has 0 radical (unpaired) electrons. The molecule has 2 aromatic carbocycles. The first-order chi connectivity index (χ1) is 9.93. The minimum atomic E-state index is 0.871. The van der Waals surface area contributed by atoms with Crippen molar-refractivity contribution in [3.63, 3.8) is 0 Å². The minimum Gasteiger partial charge on any atom is -0.368 e. The molecule has 100 valence electrons. The Kier molecular flexibility index (Phi) is 3.88. The number of anilines is 1. The smallest absolute Gasteiger partial charge is 0.156 e. The summed E-state index contributed by atoms with van der Waals surface area (Å²) in [5, 5.41) is 13.9. The maximum atomic E-state index is 4.19. The van der Waals surface area contributed by atoms with E-state index < -0.39 is 0 Å². The van der Waals surface area contributed by atoms with Gasteiger partial charge in [-0.2, -0.15) is 5.10 Å². The van der Waals surface area contributed by atoms with Crippen molar-refractivity contribution in [2.75, 3.05) is 11.9 Å². The first-order valence-corrected chi connectivity index (χ1v) is 6.92. The molecule has 0 saturated heterocycles. The van der Waals surface area contributed by atoms with Crippen LogP contribution in [0.1, 0.15) is 12.0 Å². The highest BCUT2D eigenvalue weighted by Crippen LogP contribution is 2.19. The molecule has 3 nitrogen and oxygen atoms in total. The van der Waals surface area contributed by atoms with Gasteiger partial charge >= 0.3 is 0 Å². The lowest BCUT2D eigenvalue weighted by atomic mass is 10.1. The van der Waals surface area contributed by atoms with E-state index in [0.29, 0.717) is 0 Å². The molecule has 0 saturated carbocycles. The standard InChI is InChI=1S/C17H17N3/c1-2-7-14(8-3-1)9-6-12-18-17-16-11-5-4-10-15(16)13-19-20-17/h1-5,7-8,10-11,13H,6,9,12H2,(H,18,20). The number of aryl methyl sites for hydroxylation is 1. The van der Waals surface area contributed by atoms with Crippen LogP contribution in [-0.4, -0.2) is 16.7 Å². The molecule has 0 bridgehead atoms. The van der Waals surface area contributed by atoms with Crippen LogP contribution in [0.25, 0.3) is 10.8 Å². The van der Waals surface area contributed by atoms with Crippen LogP contribution in [0, 0.1) is 0 Å². The Morgan fingerprint density at radius 3 is 2.60 bits per heavy atom. The predicted octanol–water partition coefficient (Wildman–Crippen LogP) is 3.67. The molecule has 0 aliphatic carbocycles. The molecule has 0 unspecified atom stereocenters. The topological polar surface area (TPSA) is 37.8 Å². The highest BCUT2D eigenvalue weighted by molar-refractivity contribution is 5.90. The van der Waals surface area contributed by atoms with E-state index in [1.54, 1.807) is 6.20 Å². The summed E-state index contributed by atoms with van der Waals surface area (Å²) >= 11 is 0. The Bertz CT molecular complexity index is 675. The van der Waals surface area contributed by atoms with Crippen LogP contribution >= 0.6 is 0 Å². The summed E-state index contributed by atoms with van der Waals surface area (Å²) < 4.78 is 0. The summed E-state index contributed by atoms with van der Waals surface area (Å²) in [6.45, 7) is 0.900. The molecule has 1 aromatic heterocycles. The third kappa shape index (κ3) is 2.94. The van der Waals surface area contributed by atoms with Crippen molar-refractivity contribution >= 4 is 16.6 Å². The first kappa shape index (κ1) is 12.6. The molecule has 0 fully saturated rings. The molecular formula is C17H17N3. The van der Waals surface area contributed by atoms with Crippen molar-refractivity contribution < 1.29 is 0 Å². The maximum Gasteiger partial charge on any atom is 0.156 e. The van der Waals surface area contributed by atoms with Crippen molar-refractivity contribution in [1.82, 2.24) is 10.2 Å². The molecule has 1 N–H and O–H groups in total. The predicted molar refractivity (Wildman–Crippen MR) is 82.8 cm³/mol. The van der Waals surface area contributed by atoms with Crippen LogP contribution in [0.15, 0.2) is 60.8 Å². The fraction of sp³-hybridized carbons (Fsp3) is 0.176. The second kappa shape index (κ2) is 6.15. The largest absolute Gasteiger partial charge is 0.368 e. The molecule has 3 aromatic rings. The summed E-state index contributed by atoms with van der Waals surface area (Å²) in [5.74, 6) is 0.871. The highest BCUT2D eigenvalue weighted by Gasteiger charge is 2.01. The molecule has 0 atom stereocenters. The van der Waals surface area contributed by atoms with Crippen LogP contribution in [0.4, 0.5) is 5.82 Å². The van der Waals surface area contributed by atoms with Crippen molar-refractivity contribution in [2.45, 2.75) is 12.8 Å². The van der Waals surface area contributed by atoms with Gasteiger partial charge in [-0.05, 0) is 18.4 Å². The van der Waals surface area contributed by atoms with Gasteiger partial charge in [-0.25, -0.2) is 0 Å². The molecule has 0 aliphatic rings. The van der Waals surface area contributed by atoms with Gasteiger partial charge in [0.05, 0.1) is 6.20 Å². The van der Waals surface area contributed by atoms with Gasteiger partial charge in [0.1, 0.15) is 0 Å². The van der Waals surface area contributed by atoms with Crippen LogP contribution in [-0.2, 0) is 6.42 Å². The van der Waals surface area contributed by atoms with Crippen molar-refractivity contribution in [3.05, 3.63) is 66.4 Å². The van der Waals surface area contributed by atoms with E-state index in [9.17, 15) is 0 Å². The van der Waals surface area contributed by atoms with Gasteiger partial charge in [0, 0.05) is 17.3 Å². The first-order valence-electron chi connectivity index (χ1n) is 6.92. The van der Waals surface area contributed by atoms with Gasteiger partial charge in [0.15, 0.2) is 5.82 Å². The van der Waals surface area contributed by atoms with E-state index in [2.05, 4.69) is 51.9 Å². The number of aromatic nitrogens is 2. The zero-order valence-corrected chi connectivity index (χ0v) is 11.3. The Hall–Kier alpha value is -2.42. The minimum absolute atomic E-state index is 0.871. The zero-order valence-electron chi connectivity index (χ0n) is 11.3. The van der Waals surface area contributed by atoms with Crippen LogP contribution in [0.5, 0.6) is 0 Å². The summed E-state index contributed by atoms with van der Waals surface area (Å²) in [6.07, 6.45) is 3.95.